The summed E-state index contributed by atoms with van der Waals surface area (Å²) in [4.78, 5) is 11.9. The predicted molar refractivity (Wildman–Crippen MR) is 70.8 cm³/mol. The molecule has 0 aliphatic heterocycles. The normalized spacial score (nSPS) is 21.2. The van der Waals surface area contributed by atoms with Crippen molar-refractivity contribution in [1.82, 2.24) is 0 Å². The molecular weight excluding hydrogens is 212 g/mol. The van der Waals surface area contributed by atoms with Gasteiger partial charge in [-0.05, 0) is 24.7 Å². The molecule has 0 saturated heterocycles. The first-order valence-corrected chi connectivity index (χ1v) is 6.89. The summed E-state index contributed by atoms with van der Waals surface area (Å²) < 4.78 is 5.50. The lowest BCUT2D eigenvalue weighted by Gasteiger charge is -2.26. The molecule has 0 heterocycles. The van der Waals surface area contributed by atoms with E-state index in [0.29, 0.717) is 6.61 Å². The second kappa shape index (κ2) is 5.41. The number of carbonyl (C=O) groups is 1. The lowest BCUT2D eigenvalue weighted by molar-refractivity contribution is -0.152. The summed E-state index contributed by atoms with van der Waals surface area (Å²) in [5, 5.41) is 0. The molecule has 2 heteroatoms. The maximum atomic E-state index is 11.9. The Labute approximate surface area is 106 Å². The van der Waals surface area contributed by atoms with Crippen LogP contribution in [0.1, 0.15) is 66.7 Å². The second-order valence-electron chi connectivity index (χ2n) is 7.29. The average molecular weight is 240 g/mol. The van der Waals surface area contributed by atoms with Crippen LogP contribution >= 0.6 is 0 Å². The van der Waals surface area contributed by atoms with Crippen LogP contribution in [-0.4, -0.2) is 12.6 Å². The van der Waals surface area contributed by atoms with Gasteiger partial charge >= 0.3 is 5.97 Å². The third-order valence-electron chi connectivity index (χ3n) is 3.69. The molecule has 0 aromatic heterocycles. The Morgan fingerprint density at radius 1 is 1.29 bits per heavy atom. The van der Waals surface area contributed by atoms with Crippen LogP contribution in [0.5, 0.6) is 0 Å². The number of ether oxygens (including phenoxy) is 1. The van der Waals surface area contributed by atoms with Crippen LogP contribution in [0.15, 0.2) is 0 Å². The Morgan fingerprint density at radius 2 is 1.82 bits per heavy atom. The zero-order valence-electron chi connectivity index (χ0n) is 12.1. The first kappa shape index (κ1) is 14.5. The Morgan fingerprint density at radius 3 is 2.29 bits per heavy atom. The molecule has 1 atom stereocenters. The maximum Gasteiger partial charge on any atom is 0.308 e. The highest BCUT2D eigenvalue weighted by molar-refractivity contribution is 5.72. The van der Waals surface area contributed by atoms with Gasteiger partial charge in [0.05, 0.1) is 12.5 Å². The molecule has 1 rings (SSSR count). The molecule has 0 aromatic rings. The molecule has 2 nitrogen and oxygen atoms in total. The van der Waals surface area contributed by atoms with Gasteiger partial charge in [0.15, 0.2) is 0 Å². The van der Waals surface area contributed by atoms with Crippen LogP contribution in [0.25, 0.3) is 0 Å². The fourth-order valence-electron chi connectivity index (χ4n) is 2.76. The van der Waals surface area contributed by atoms with Crippen molar-refractivity contribution in [2.24, 2.45) is 16.7 Å². The summed E-state index contributed by atoms with van der Waals surface area (Å²) in [6, 6.07) is 0. The van der Waals surface area contributed by atoms with E-state index in [4.69, 9.17) is 4.74 Å². The van der Waals surface area contributed by atoms with Crippen molar-refractivity contribution in [3.63, 3.8) is 0 Å². The number of carbonyl (C=O) groups excluding carboxylic acids is 1. The standard InChI is InChI=1S/C15H28O2/c1-12(10-14(2,3)4)13(16)17-11-15(5)8-6-7-9-15/h12H,6-11H2,1-5H3. The topological polar surface area (TPSA) is 26.3 Å². The lowest BCUT2D eigenvalue weighted by atomic mass is 9.85. The molecule has 0 N–H and O–H groups in total. The lowest BCUT2D eigenvalue weighted by Crippen LogP contribution is -2.26. The van der Waals surface area contributed by atoms with E-state index in [1.165, 1.54) is 25.7 Å². The van der Waals surface area contributed by atoms with Crippen molar-refractivity contribution in [1.29, 1.82) is 0 Å². The van der Waals surface area contributed by atoms with E-state index in [9.17, 15) is 4.79 Å². The summed E-state index contributed by atoms with van der Waals surface area (Å²) >= 11 is 0. The molecule has 1 saturated carbocycles. The summed E-state index contributed by atoms with van der Waals surface area (Å²) in [6.07, 6.45) is 5.86. The largest absolute Gasteiger partial charge is 0.465 e. The van der Waals surface area contributed by atoms with E-state index >= 15 is 0 Å². The smallest absolute Gasteiger partial charge is 0.308 e. The number of esters is 1. The van der Waals surface area contributed by atoms with Crippen molar-refractivity contribution < 1.29 is 9.53 Å². The van der Waals surface area contributed by atoms with Gasteiger partial charge in [-0.15, -0.1) is 0 Å². The van der Waals surface area contributed by atoms with Gasteiger partial charge in [-0.3, -0.25) is 4.79 Å². The van der Waals surface area contributed by atoms with E-state index < -0.39 is 0 Å². The molecule has 1 fully saturated rings. The van der Waals surface area contributed by atoms with E-state index in [1.807, 2.05) is 6.92 Å². The van der Waals surface area contributed by atoms with Gasteiger partial charge in [-0.2, -0.15) is 0 Å². The van der Waals surface area contributed by atoms with Crippen LogP contribution in [0.4, 0.5) is 0 Å². The van der Waals surface area contributed by atoms with E-state index in [1.54, 1.807) is 0 Å². The van der Waals surface area contributed by atoms with Crippen molar-refractivity contribution in [2.45, 2.75) is 66.7 Å². The second-order valence-corrected chi connectivity index (χ2v) is 7.29. The van der Waals surface area contributed by atoms with Gasteiger partial charge in [0.25, 0.3) is 0 Å². The highest BCUT2D eigenvalue weighted by Gasteiger charge is 2.31. The van der Waals surface area contributed by atoms with Gasteiger partial charge in [0.1, 0.15) is 0 Å². The Bertz CT molecular complexity index is 257. The van der Waals surface area contributed by atoms with Crippen molar-refractivity contribution >= 4 is 5.97 Å². The zero-order chi connectivity index (χ0) is 13.1. The molecule has 0 radical (unpaired) electrons. The fraction of sp³-hybridized carbons (Fsp3) is 0.933. The summed E-state index contributed by atoms with van der Waals surface area (Å²) in [5.74, 6) is -0.00643. The first-order chi connectivity index (χ1) is 7.72. The number of hydrogen-bond acceptors (Lipinski definition) is 2. The molecule has 0 aromatic carbocycles. The SMILES string of the molecule is CC(CC(C)(C)C)C(=O)OCC1(C)CCCC1. The highest BCUT2D eigenvalue weighted by atomic mass is 16.5. The number of hydrogen-bond donors (Lipinski definition) is 0. The van der Waals surface area contributed by atoms with E-state index in [0.717, 1.165) is 6.42 Å². The average Bonchev–Trinajstić information content (AvgIpc) is 2.59. The molecule has 0 spiro atoms. The minimum atomic E-state index is -0.0203. The van der Waals surface area contributed by atoms with Crippen molar-refractivity contribution in [3.05, 3.63) is 0 Å². The van der Waals surface area contributed by atoms with Crippen LogP contribution in [-0.2, 0) is 9.53 Å². The summed E-state index contributed by atoms with van der Waals surface area (Å²) in [7, 11) is 0. The maximum absolute atomic E-state index is 11.9. The van der Waals surface area contributed by atoms with Gasteiger partial charge in [-0.25, -0.2) is 0 Å². The van der Waals surface area contributed by atoms with Crippen LogP contribution in [0.3, 0.4) is 0 Å². The third kappa shape index (κ3) is 5.10. The Balaban J connectivity index is 2.34. The molecule has 0 amide bonds. The molecule has 1 aliphatic carbocycles. The molecule has 17 heavy (non-hydrogen) atoms. The molecule has 1 aliphatic rings. The predicted octanol–water partition coefficient (Wildman–Crippen LogP) is 4.18. The van der Waals surface area contributed by atoms with Gasteiger partial charge in [0, 0.05) is 5.41 Å². The van der Waals surface area contributed by atoms with Gasteiger partial charge < -0.3 is 4.74 Å². The van der Waals surface area contributed by atoms with Crippen molar-refractivity contribution in [2.75, 3.05) is 6.61 Å². The van der Waals surface area contributed by atoms with Crippen LogP contribution in [0, 0.1) is 16.7 Å². The highest BCUT2D eigenvalue weighted by Crippen LogP contribution is 2.37. The van der Waals surface area contributed by atoms with E-state index in [-0.39, 0.29) is 22.7 Å². The molecule has 0 bridgehead atoms. The minimum absolute atomic E-state index is 0.0139. The van der Waals surface area contributed by atoms with Gasteiger partial charge in [0.2, 0.25) is 0 Å². The zero-order valence-corrected chi connectivity index (χ0v) is 12.1. The van der Waals surface area contributed by atoms with Gasteiger partial charge in [-0.1, -0.05) is 47.5 Å². The summed E-state index contributed by atoms with van der Waals surface area (Å²) in [5.41, 5.74) is 0.437. The van der Waals surface area contributed by atoms with Crippen LogP contribution in [0.2, 0.25) is 0 Å². The third-order valence-corrected chi connectivity index (χ3v) is 3.69. The monoisotopic (exact) mass is 240 g/mol. The quantitative estimate of drug-likeness (QED) is 0.689. The molecule has 1 unspecified atom stereocenters. The number of rotatable bonds is 4. The Kier molecular flexibility index (Phi) is 4.62. The Hall–Kier alpha value is -0.530. The summed E-state index contributed by atoms with van der Waals surface area (Å²) in [6.45, 7) is 11.3. The molecular formula is C15H28O2. The minimum Gasteiger partial charge on any atom is -0.465 e. The van der Waals surface area contributed by atoms with Crippen LogP contribution < -0.4 is 0 Å². The fourth-order valence-corrected chi connectivity index (χ4v) is 2.76. The molecule has 100 valence electrons. The first-order valence-electron chi connectivity index (χ1n) is 6.89. The van der Waals surface area contributed by atoms with E-state index in [2.05, 4.69) is 27.7 Å². The van der Waals surface area contributed by atoms with Crippen molar-refractivity contribution in [3.8, 4) is 0 Å².